The Hall–Kier alpha value is -3.75. The fraction of sp³-hybridized carbons (Fsp3) is 0. The molecule has 4 rings (SSSR count). The van der Waals surface area contributed by atoms with E-state index in [0.29, 0.717) is 33.9 Å². The van der Waals surface area contributed by atoms with Crippen molar-refractivity contribution in [3.63, 3.8) is 0 Å². The van der Waals surface area contributed by atoms with Crippen LogP contribution < -0.4 is 0 Å². The molecule has 0 spiro atoms. The van der Waals surface area contributed by atoms with Gasteiger partial charge in [-0.3, -0.25) is 4.79 Å². The van der Waals surface area contributed by atoms with Crippen molar-refractivity contribution in [2.75, 3.05) is 0 Å². The van der Waals surface area contributed by atoms with Crippen molar-refractivity contribution < 1.29 is 4.79 Å². The van der Waals surface area contributed by atoms with E-state index in [0.717, 1.165) is 0 Å². The van der Waals surface area contributed by atoms with Crippen molar-refractivity contribution in [3.8, 4) is 22.8 Å². The number of aromatic amines is 2. The van der Waals surface area contributed by atoms with E-state index in [4.69, 9.17) is 0 Å². The SMILES string of the molecule is O=C(c1cccc(-c2nn[nH]n2)c1)c1cccc(-c2nn[nH]n2)c1. The van der Waals surface area contributed by atoms with Crippen LogP contribution >= 0.6 is 0 Å². The molecule has 0 radical (unpaired) electrons. The summed E-state index contributed by atoms with van der Waals surface area (Å²) in [6.45, 7) is 0. The van der Waals surface area contributed by atoms with Gasteiger partial charge in [-0.05, 0) is 22.6 Å². The summed E-state index contributed by atoms with van der Waals surface area (Å²) in [6.07, 6.45) is 0. The van der Waals surface area contributed by atoms with Crippen LogP contribution in [-0.2, 0) is 0 Å². The summed E-state index contributed by atoms with van der Waals surface area (Å²) in [5.41, 5.74) is 2.48. The summed E-state index contributed by atoms with van der Waals surface area (Å²) in [4.78, 5) is 12.8. The minimum Gasteiger partial charge on any atom is -0.289 e. The largest absolute Gasteiger partial charge is 0.289 e. The Labute approximate surface area is 135 Å². The first-order chi connectivity index (χ1) is 11.8. The van der Waals surface area contributed by atoms with E-state index in [9.17, 15) is 4.79 Å². The minimum absolute atomic E-state index is 0.120. The number of rotatable bonds is 4. The third-order valence-corrected chi connectivity index (χ3v) is 3.46. The molecular formula is C15H10N8O. The Morgan fingerprint density at radius 3 is 1.67 bits per heavy atom. The maximum absolute atomic E-state index is 12.8. The topological polar surface area (TPSA) is 126 Å². The number of hydrogen-bond acceptors (Lipinski definition) is 7. The monoisotopic (exact) mass is 318 g/mol. The molecule has 0 amide bonds. The fourth-order valence-electron chi connectivity index (χ4n) is 2.33. The molecular weight excluding hydrogens is 308 g/mol. The molecule has 2 aromatic heterocycles. The van der Waals surface area contributed by atoms with Crippen molar-refractivity contribution in [2.24, 2.45) is 0 Å². The van der Waals surface area contributed by atoms with Gasteiger partial charge in [0.15, 0.2) is 5.78 Å². The third kappa shape index (κ3) is 2.54. The second-order valence-electron chi connectivity index (χ2n) is 4.96. The van der Waals surface area contributed by atoms with Gasteiger partial charge < -0.3 is 0 Å². The zero-order chi connectivity index (χ0) is 16.4. The molecule has 9 nitrogen and oxygen atoms in total. The lowest BCUT2D eigenvalue weighted by molar-refractivity contribution is 0.103. The Morgan fingerprint density at radius 1 is 0.750 bits per heavy atom. The Morgan fingerprint density at radius 2 is 1.25 bits per heavy atom. The second-order valence-corrected chi connectivity index (χ2v) is 4.96. The van der Waals surface area contributed by atoms with Crippen LogP contribution in [0.3, 0.4) is 0 Å². The predicted octanol–water partition coefficient (Wildman–Crippen LogP) is 1.28. The molecule has 0 fully saturated rings. The highest BCUT2D eigenvalue weighted by molar-refractivity contribution is 6.09. The molecule has 0 unspecified atom stereocenters. The molecule has 0 aliphatic heterocycles. The number of nitrogens with zero attached hydrogens (tertiary/aromatic N) is 6. The third-order valence-electron chi connectivity index (χ3n) is 3.46. The van der Waals surface area contributed by atoms with Crippen LogP contribution in [0.5, 0.6) is 0 Å². The molecule has 0 aliphatic rings. The van der Waals surface area contributed by atoms with Crippen molar-refractivity contribution in [3.05, 3.63) is 59.7 Å². The van der Waals surface area contributed by atoms with Gasteiger partial charge in [0.25, 0.3) is 0 Å². The lowest BCUT2D eigenvalue weighted by Crippen LogP contribution is -2.02. The highest BCUT2D eigenvalue weighted by atomic mass is 16.1. The summed E-state index contributed by atoms with van der Waals surface area (Å²) in [6, 6.07) is 14.1. The summed E-state index contributed by atoms with van der Waals surface area (Å²) in [5, 5.41) is 27.5. The van der Waals surface area contributed by atoms with Crippen LogP contribution in [0, 0.1) is 0 Å². The van der Waals surface area contributed by atoms with E-state index in [-0.39, 0.29) is 5.78 Å². The first-order valence-corrected chi connectivity index (χ1v) is 7.04. The molecule has 0 bridgehead atoms. The number of carbonyl (C=O) groups excluding carboxylic acids is 1. The van der Waals surface area contributed by atoms with Crippen molar-refractivity contribution in [2.45, 2.75) is 0 Å². The van der Waals surface area contributed by atoms with Gasteiger partial charge in [-0.15, -0.1) is 20.4 Å². The van der Waals surface area contributed by atoms with Gasteiger partial charge in [0.2, 0.25) is 11.6 Å². The Kier molecular flexibility index (Phi) is 3.35. The number of benzene rings is 2. The van der Waals surface area contributed by atoms with Crippen LogP contribution in [0.4, 0.5) is 0 Å². The summed E-state index contributed by atoms with van der Waals surface area (Å²) in [7, 11) is 0. The highest BCUT2D eigenvalue weighted by Crippen LogP contribution is 2.20. The van der Waals surface area contributed by atoms with E-state index in [1.54, 1.807) is 36.4 Å². The number of ketones is 1. The van der Waals surface area contributed by atoms with Crippen molar-refractivity contribution >= 4 is 5.78 Å². The summed E-state index contributed by atoms with van der Waals surface area (Å²) >= 11 is 0. The minimum atomic E-state index is -0.120. The van der Waals surface area contributed by atoms with Gasteiger partial charge in [-0.25, -0.2) is 0 Å². The molecule has 116 valence electrons. The molecule has 9 heteroatoms. The van der Waals surface area contributed by atoms with E-state index in [1.807, 2.05) is 12.1 Å². The van der Waals surface area contributed by atoms with Crippen molar-refractivity contribution in [1.29, 1.82) is 0 Å². The van der Waals surface area contributed by atoms with Gasteiger partial charge in [-0.1, -0.05) is 36.4 Å². The van der Waals surface area contributed by atoms with Gasteiger partial charge >= 0.3 is 0 Å². The number of hydrogen-bond donors (Lipinski definition) is 2. The quantitative estimate of drug-likeness (QED) is 0.543. The zero-order valence-electron chi connectivity index (χ0n) is 12.2. The van der Waals surface area contributed by atoms with E-state index in [2.05, 4.69) is 41.2 Å². The number of aromatic nitrogens is 8. The molecule has 24 heavy (non-hydrogen) atoms. The second kappa shape index (κ2) is 5.80. The zero-order valence-corrected chi connectivity index (χ0v) is 12.2. The average molecular weight is 318 g/mol. The molecule has 0 saturated carbocycles. The van der Waals surface area contributed by atoms with E-state index < -0.39 is 0 Å². The van der Waals surface area contributed by atoms with Crippen LogP contribution in [0.25, 0.3) is 22.8 Å². The lowest BCUT2D eigenvalue weighted by Gasteiger charge is -2.04. The van der Waals surface area contributed by atoms with E-state index >= 15 is 0 Å². The molecule has 0 atom stereocenters. The number of tetrazole rings is 2. The first-order valence-electron chi connectivity index (χ1n) is 7.04. The van der Waals surface area contributed by atoms with Gasteiger partial charge in [0.05, 0.1) is 0 Å². The maximum Gasteiger partial charge on any atom is 0.204 e. The first kappa shape index (κ1) is 13.9. The Bertz CT molecular complexity index is 899. The molecule has 0 saturated heterocycles. The van der Waals surface area contributed by atoms with Gasteiger partial charge in [-0.2, -0.15) is 10.4 Å². The summed E-state index contributed by atoms with van der Waals surface area (Å²) < 4.78 is 0. The molecule has 0 aliphatic carbocycles. The summed E-state index contributed by atoms with van der Waals surface area (Å²) in [5.74, 6) is 0.751. The van der Waals surface area contributed by atoms with Crippen molar-refractivity contribution in [1.82, 2.24) is 41.2 Å². The molecule has 4 aromatic rings. The standard InChI is InChI=1S/C15H10N8O/c24-13(9-3-1-5-11(7-9)14-16-20-21-17-14)10-4-2-6-12(8-10)15-18-22-23-19-15/h1-8H,(H,16,17,20,21)(H,18,19,22,23). The molecule has 2 N–H and O–H groups in total. The van der Waals surface area contributed by atoms with Crippen LogP contribution in [0.2, 0.25) is 0 Å². The average Bonchev–Trinajstić information content (AvgIpc) is 3.35. The van der Waals surface area contributed by atoms with E-state index in [1.165, 1.54) is 0 Å². The molecule has 2 aromatic carbocycles. The van der Waals surface area contributed by atoms with Crippen LogP contribution in [0.1, 0.15) is 15.9 Å². The maximum atomic E-state index is 12.8. The predicted molar refractivity (Wildman–Crippen MR) is 82.7 cm³/mol. The number of H-pyrrole nitrogens is 2. The normalized spacial score (nSPS) is 10.7. The van der Waals surface area contributed by atoms with Gasteiger partial charge in [0.1, 0.15) is 0 Å². The van der Waals surface area contributed by atoms with Crippen LogP contribution in [0.15, 0.2) is 48.5 Å². The van der Waals surface area contributed by atoms with Crippen LogP contribution in [-0.4, -0.2) is 47.0 Å². The Balaban J connectivity index is 1.69. The van der Waals surface area contributed by atoms with Gasteiger partial charge in [0, 0.05) is 22.3 Å². The lowest BCUT2D eigenvalue weighted by atomic mass is 9.99. The highest BCUT2D eigenvalue weighted by Gasteiger charge is 2.13. The fourth-order valence-corrected chi connectivity index (χ4v) is 2.33. The smallest absolute Gasteiger partial charge is 0.204 e. The molecule has 2 heterocycles. The number of carbonyl (C=O) groups is 1. The number of nitrogens with one attached hydrogen (secondary N) is 2.